The van der Waals surface area contributed by atoms with Crippen LogP contribution in [0.4, 0.5) is 5.69 Å². The molecule has 0 radical (unpaired) electrons. The van der Waals surface area contributed by atoms with Crippen molar-refractivity contribution in [3.8, 4) is 5.69 Å². The van der Waals surface area contributed by atoms with E-state index >= 15 is 0 Å². The van der Waals surface area contributed by atoms with Gasteiger partial charge < -0.3 is 15.5 Å². The fourth-order valence-corrected chi connectivity index (χ4v) is 5.16. The van der Waals surface area contributed by atoms with E-state index in [4.69, 9.17) is 11.6 Å². The van der Waals surface area contributed by atoms with E-state index in [0.29, 0.717) is 22.0 Å². The van der Waals surface area contributed by atoms with Crippen LogP contribution >= 0.6 is 11.6 Å². The second-order valence-electron chi connectivity index (χ2n) is 9.42. The molecule has 0 atom stereocenters. The third-order valence-electron chi connectivity index (χ3n) is 7.00. The van der Waals surface area contributed by atoms with Crippen molar-refractivity contribution in [2.75, 3.05) is 11.4 Å². The van der Waals surface area contributed by atoms with Crippen LogP contribution in [0.1, 0.15) is 49.1 Å². The summed E-state index contributed by atoms with van der Waals surface area (Å²) in [7, 11) is 1.86. The second-order valence-corrected chi connectivity index (χ2v) is 9.86. The van der Waals surface area contributed by atoms with Gasteiger partial charge in [0.15, 0.2) is 5.69 Å². The molecule has 4 heterocycles. The van der Waals surface area contributed by atoms with E-state index in [2.05, 4.69) is 33.0 Å². The monoisotopic (exact) mass is 515 g/mol. The highest BCUT2D eigenvalue weighted by Crippen LogP contribution is 2.33. The maximum Gasteiger partial charge on any atom is 0.279 e. The molecule has 0 aliphatic carbocycles. The summed E-state index contributed by atoms with van der Waals surface area (Å²) in [4.78, 5) is 28.8. The van der Waals surface area contributed by atoms with Gasteiger partial charge in [-0.3, -0.25) is 14.3 Å². The molecule has 2 aromatic heterocycles. The van der Waals surface area contributed by atoms with Gasteiger partial charge in [0.05, 0.1) is 24.5 Å². The van der Waals surface area contributed by atoms with Crippen LogP contribution in [0.5, 0.6) is 0 Å². The van der Waals surface area contributed by atoms with E-state index < -0.39 is 0 Å². The van der Waals surface area contributed by atoms with Gasteiger partial charge in [-0.25, -0.2) is 4.68 Å². The van der Waals surface area contributed by atoms with Crippen LogP contribution in [0.15, 0.2) is 48.5 Å². The van der Waals surface area contributed by atoms with Crippen molar-refractivity contribution in [1.29, 1.82) is 0 Å². The van der Waals surface area contributed by atoms with Crippen molar-refractivity contribution in [2.24, 2.45) is 7.05 Å². The molecule has 0 spiro atoms. The molecule has 10 heteroatoms. The van der Waals surface area contributed by atoms with E-state index in [-0.39, 0.29) is 30.6 Å². The Bertz CT molecular complexity index is 1530. The summed E-state index contributed by atoms with van der Waals surface area (Å²) in [6, 6.07) is 15.1. The average Bonchev–Trinajstić information content (AvgIpc) is 3.54. The van der Waals surface area contributed by atoms with E-state index in [0.717, 1.165) is 36.6 Å². The first-order valence-corrected chi connectivity index (χ1v) is 12.6. The normalized spacial score (nSPS) is 14.6. The van der Waals surface area contributed by atoms with Gasteiger partial charge in [0.2, 0.25) is 0 Å². The second kappa shape index (κ2) is 9.17. The summed E-state index contributed by atoms with van der Waals surface area (Å²) in [5.41, 5.74) is 6.83. The maximum absolute atomic E-state index is 13.6. The molecule has 2 aliphatic rings. The Hall–Kier alpha value is -3.95. The molecule has 6 rings (SSSR count). The molecule has 2 N–H and O–H groups in total. The van der Waals surface area contributed by atoms with Crippen LogP contribution < -0.4 is 15.5 Å². The molecule has 0 bridgehead atoms. The number of hydrogen-bond acceptors (Lipinski definition) is 5. The Kier molecular flexibility index (Phi) is 5.81. The Labute approximate surface area is 219 Å². The summed E-state index contributed by atoms with van der Waals surface area (Å²) in [6.45, 7) is 4.20. The number of carbonyl (C=O) groups is 2. The molecule has 0 saturated carbocycles. The number of benzene rings is 2. The number of hydrogen-bond donors (Lipinski definition) is 2. The largest absolute Gasteiger partial charge is 0.345 e. The van der Waals surface area contributed by atoms with E-state index in [1.807, 2.05) is 32.2 Å². The third-order valence-corrected chi connectivity index (χ3v) is 7.23. The molecule has 2 amide bonds. The zero-order chi connectivity index (χ0) is 25.7. The van der Waals surface area contributed by atoms with Gasteiger partial charge in [-0.1, -0.05) is 23.7 Å². The highest BCUT2D eigenvalue weighted by atomic mass is 35.5. The maximum atomic E-state index is 13.6. The van der Waals surface area contributed by atoms with Crippen molar-refractivity contribution in [2.45, 2.75) is 33.0 Å². The van der Waals surface area contributed by atoms with E-state index in [9.17, 15) is 9.59 Å². The molecule has 0 saturated heterocycles. The molecular formula is C27H26ClN7O2. The van der Waals surface area contributed by atoms with Crippen LogP contribution in [0, 0.1) is 6.92 Å². The van der Waals surface area contributed by atoms with Crippen molar-refractivity contribution in [3.05, 3.63) is 93.0 Å². The number of aromatic nitrogens is 4. The number of anilines is 1. The first kappa shape index (κ1) is 23.4. The van der Waals surface area contributed by atoms with Crippen LogP contribution in [-0.4, -0.2) is 37.9 Å². The van der Waals surface area contributed by atoms with Crippen molar-refractivity contribution < 1.29 is 9.59 Å². The molecule has 2 aromatic carbocycles. The van der Waals surface area contributed by atoms with Gasteiger partial charge in [-0.2, -0.15) is 10.2 Å². The van der Waals surface area contributed by atoms with E-state index in [1.165, 1.54) is 15.8 Å². The molecule has 4 aromatic rings. The summed E-state index contributed by atoms with van der Waals surface area (Å²) in [6.07, 6.45) is 0.968. The predicted molar refractivity (Wildman–Crippen MR) is 140 cm³/mol. The minimum atomic E-state index is -0.332. The topological polar surface area (TPSA) is 97.1 Å². The number of halogens is 1. The highest BCUT2D eigenvalue weighted by molar-refractivity contribution is 6.30. The lowest BCUT2D eigenvalue weighted by atomic mass is 10.0. The summed E-state index contributed by atoms with van der Waals surface area (Å²) in [5, 5.41) is 15.9. The van der Waals surface area contributed by atoms with Crippen LogP contribution in [0.3, 0.4) is 0 Å². The van der Waals surface area contributed by atoms with Crippen molar-refractivity contribution >= 4 is 29.1 Å². The first-order valence-electron chi connectivity index (χ1n) is 12.2. The average molecular weight is 516 g/mol. The van der Waals surface area contributed by atoms with Crippen molar-refractivity contribution in [1.82, 2.24) is 30.2 Å². The zero-order valence-electron chi connectivity index (χ0n) is 20.6. The molecule has 0 fully saturated rings. The molecular weight excluding hydrogens is 490 g/mol. The lowest BCUT2D eigenvalue weighted by molar-refractivity contribution is 0.0939. The summed E-state index contributed by atoms with van der Waals surface area (Å²) in [5.74, 6) is -0.560. The number of rotatable bonds is 5. The standard InChI is InChI=1S/C27H26ClN7O2/c1-16-10-20(31-33(16)2)14-30-26(36)25-23-15-34(21-7-6-17-8-9-29-13-18(17)11-21)27(37)24(23)32-35(25)22-5-3-4-19(28)12-22/h3-7,10-12,29H,8-9,13-15H2,1-2H3,(H,30,36). The van der Waals surface area contributed by atoms with E-state index in [1.54, 1.807) is 27.8 Å². The van der Waals surface area contributed by atoms with Crippen LogP contribution in [0.2, 0.25) is 5.02 Å². The number of fused-ring (bicyclic) bond motifs is 2. The Morgan fingerprint density at radius 2 is 1.97 bits per heavy atom. The summed E-state index contributed by atoms with van der Waals surface area (Å²) >= 11 is 6.24. The smallest absolute Gasteiger partial charge is 0.279 e. The molecule has 37 heavy (non-hydrogen) atoms. The fraction of sp³-hybridized carbons (Fsp3) is 0.259. The molecule has 0 unspecified atom stereocenters. The van der Waals surface area contributed by atoms with Gasteiger partial charge in [0.25, 0.3) is 11.8 Å². The minimum Gasteiger partial charge on any atom is -0.345 e. The number of carbonyl (C=O) groups excluding carboxylic acids is 2. The zero-order valence-corrected chi connectivity index (χ0v) is 21.3. The number of nitrogens with zero attached hydrogens (tertiary/aromatic N) is 5. The van der Waals surface area contributed by atoms with Gasteiger partial charge in [0.1, 0.15) is 5.69 Å². The molecule has 188 valence electrons. The fourth-order valence-electron chi connectivity index (χ4n) is 4.98. The van der Waals surface area contributed by atoms with Crippen molar-refractivity contribution in [3.63, 3.8) is 0 Å². The number of amides is 2. The predicted octanol–water partition coefficient (Wildman–Crippen LogP) is 3.30. The van der Waals surface area contributed by atoms with Gasteiger partial charge >= 0.3 is 0 Å². The van der Waals surface area contributed by atoms with Gasteiger partial charge in [-0.15, -0.1) is 0 Å². The SMILES string of the molecule is Cc1cc(CNC(=O)c2c3c(nn2-c2cccc(Cl)c2)C(=O)N(c2ccc4c(c2)CNCC4)C3)nn1C. The number of aryl methyl sites for hydroxylation is 2. The Morgan fingerprint density at radius 3 is 2.76 bits per heavy atom. The van der Waals surface area contributed by atoms with Crippen LogP contribution in [-0.2, 0) is 33.1 Å². The van der Waals surface area contributed by atoms with Gasteiger partial charge in [0, 0.05) is 35.6 Å². The first-order chi connectivity index (χ1) is 17.9. The minimum absolute atomic E-state index is 0.228. The molecule has 9 nitrogen and oxygen atoms in total. The lowest BCUT2D eigenvalue weighted by Gasteiger charge is -2.22. The molecule has 2 aliphatic heterocycles. The summed E-state index contributed by atoms with van der Waals surface area (Å²) < 4.78 is 3.28. The quantitative estimate of drug-likeness (QED) is 0.425. The third kappa shape index (κ3) is 4.20. The van der Waals surface area contributed by atoms with Crippen LogP contribution in [0.25, 0.3) is 5.69 Å². The Balaban J connectivity index is 1.36. The lowest BCUT2D eigenvalue weighted by Crippen LogP contribution is -2.29. The van der Waals surface area contributed by atoms with Gasteiger partial charge in [-0.05, 0) is 67.4 Å². The Morgan fingerprint density at radius 1 is 1.11 bits per heavy atom. The number of nitrogens with one attached hydrogen (secondary N) is 2. The highest BCUT2D eigenvalue weighted by Gasteiger charge is 2.38.